The number of phosphoric ester groups is 1. The molecule has 1 radical (unpaired) electrons. The molecule has 8 rings (SSSR count). The van der Waals surface area contributed by atoms with E-state index in [1.807, 2.05) is 80.5 Å². The van der Waals surface area contributed by atoms with E-state index in [1.54, 1.807) is 17.8 Å². The molecular weight excluding hydrogens is 1310 g/mol. The van der Waals surface area contributed by atoms with Crippen LogP contribution in [0.1, 0.15) is 150 Å². The summed E-state index contributed by atoms with van der Waals surface area (Å²) in [6.07, 6.45) is -4.58. The topological polar surface area (TPSA) is 470 Å². The van der Waals surface area contributed by atoms with Crippen LogP contribution in [0.25, 0.3) is 11.0 Å². The maximum Gasteiger partial charge on any atom is 2.00 e. The predicted octanol–water partition coefficient (Wildman–Crippen LogP) is 3.63. The maximum absolute atomic E-state index is 14.4. The van der Waals surface area contributed by atoms with Crippen LogP contribution in [0.15, 0.2) is 67.8 Å². The molecule has 1 aromatic carbocycles. The van der Waals surface area contributed by atoms with Crippen LogP contribution in [0.3, 0.4) is 0 Å². The molecule has 0 aliphatic carbocycles. The predicted molar refractivity (Wildman–Crippen MR) is 336 cm³/mol. The number of nitrogens with one attached hydrogen (secondary N) is 5. The molecule has 32 heteroatoms. The van der Waals surface area contributed by atoms with Crippen LogP contribution in [-0.4, -0.2) is 128 Å². The molecule has 2 aromatic rings. The van der Waals surface area contributed by atoms with E-state index in [2.05, 4.69) is 15.6 Å². The van der Waals surface area contributed by atoms with E-state index in [9.17, 15) is 67.0 Å². The average Bonchev–Trinajstić information content (AvgIpc) is 1.53. The van der Waals surface area contributed by atoms with Crippen LogP contribution in [0.4, 0.5) is 13.2 Å². The number of nitrogens with two attached hydrogens (primary N) is 4. The molecule has 7 heterocycles. The van der Waals surface area contributed by atoms with Gasteiger partial charge in [-0.15, -0.1) is 0 Å². The summed E-state index contributed by atoms with van der Waals surface area (Å²) in [6, 6.07) is 2.76. The molecular formula is C63H89CoF3N13O14P. The first-order chi connectivity index (χ1) is 43.6. The maximum atomic E-state index is 14.4. The number of aliphatic hydroxyl groups is 2. The zero-order valence-corrected chi connectivity index (χ0v) is 57.1. The van der Waals surface area contributed by atoms with E-state index in [0.29, 0.717) is 50.9 Å². The summed E-state index contributed by atoms with van der Waals surface area (Å²) < 4.78 is 61.1. The van der Waals surface area contributed by atoms with Gasteiger partial charge < -0.3 is 87.6 Å². The average molecular weight is 1400 g/mol. The number of carbonyl (C=O) groups is 5. The number of ether oxygens (including phenoxy) is 1. The Morgan fingerprint density at radius 2 is 1.45 bits per heavy atom. The number of H-pyrrole nitrogens is 1. The summed E-state index contributed by atoms with van der Waals surface area (Å²) in [6.45, 7) is 16.0. The van der Waals surface area contributed by atoms with Crippen molar-refractivity contribution in [2.75, 3.05) is 13.2 Å². The number of fused-ring (bicyclic) bond motifs is 7. The molecule has 1 aromatic heterocycles. The number of aromatic nitrogens is 2. The van der Waals surface area contributed by atoms with Gasteiger partial charge in [-0.1, -0.05) is 34.6 Å². The molecule has 0 saturated carbocycles. The molecule has 0 spiro atoms. The second-order valence-electron chi connectivity index (χ2n) is 27.3. The number of amides is 5. The standard InChI is InChI=1S/C62H90N13O14P.CF3.Co/c1-29-20-39-40(21-30(29)2)75(28-70-39)57-52(84)53(41(27-76)87-57)89-90(85,86)88-31(3)26-69-49(83)18-19-59(8)37(22-46(66)80)56-62(11)61(10,25-48(68)82)36(14-17-45(65)79)51(74-62)33(5)55-60(9,24-47(67)81)34(12-15-43(63)77)38(71-55)23-42-58(6,7)35(13-16-44(64)78)50(72-42)32(4)54(59)73-56;2-1(3)4;/h20-21,23,28,31,34-37,41,52-53,56-57,76,84H,12-19,22,24-27H2,1-11H3,(H15,63,64,65,66,67,68,69,71,72,73,74,77,78,79,80,81,82,83,85,86);;/q;-1;+2/p-1. The zero-order valence-electron chi connectivity index (χ0n) is 55.1. The molecule has 2 saturated heterocycles. The first kappa shape index (κ1) is 77.3. The Bertz CT molecular complexity index is 3610. The van der Waals surface area contributed by atoms with E-state index in [1.165, 1.54) is 6.92 Å². The zero-order chi connectivity index (χ0) is 70.3. The van der Waals surface area contributed by atoms with Gasteiger partial charge in [0, 0.05) is 118 Å². The van der Waals surface area contributed by atoms with Crippen molar-refractivity contribution >= 4 is 77.3 Å². The molecule has 95 heavy (non-hydrogen) atoms. The van der Waals surface area contributed by atoms with Crippen LogP contribution < -0.4 is 48.3 Å². The summed E-state index contributed by atoms with van der Waals surface area (Å²) in [4.78, 5) is 99.0. The molecule has 27 nitrogen and oxygen atoms in total. The number of aryl methyl sites for hydroxylation is 2. The molecule has 6 aliphatic rings. The van der Waals surface area contributed by atoms with Crippen molar-refractivity contribution in [3.63, 3.8) is 0 Å². The fourth-order valence-electron chi connectivity index (χ4n) is 15.5. The van der Waals surface area contributed by atoms with Gasteiger partial charge in [-0.3, -0.25) is 48.0 Å². The van der Waals surface area contributed by atoms with Crippen LogP contribution in [0.2, 0.25) is 0 Å². The number of imidazole rings is 1. The number of phosphoric acid groups is 1. The van der Waals surface area contributed by atoms with Gasteiger partial charge in [-0.05, 0) is 132 Å². The van der Waals surface area contributed by atoms with Crippen molar-refractivity contribution in [1.82, 2.24) is 15.6 Å². The van der Waals surface area contributed by atoms with Gasteiger partial charge in [-0.25, -0.2) is 9.55 Å². The molecule has 15 unspecified atom stereocenters. The minimum absolute atomic E-state index is 0. The molecule has 8 bridgehead atoms. The summed E-state index contributed by atoms with van der Waals surface area (Å²) >= 11 is 0. The number of nitrogens with zero attached hydrogens (tertiary/aromatic N) is 4. The number of allylic oxidation sites excluding steroid dienone is 6. The van der Waals surface area contributed by atoms with Crippen molar-refractivity contribution in [2.24, 2.45) is 83.2 Å². The van der Waals surface area contributed by atoms with Crippen molar-refractivity contribution in [3.05, 3.63) is 70.6 Å². The van der Waals surface area contributed by atoms with Gasteiger partial charge in [0.2, 0.25) is 42.1 Å². The number of benzene rings is 1. The number of hydrogen-bond donors (Lipinski definition) is 12. The number of halogens is 3. The Labute approximate surface area is 559 Å². The summed E-state index contributed by atoms with van der Waals surface area (Å²) in [7, 11) is -5.07. The number of rotatable bonds is 26. The fourth-order valence-corrected chi connectivity index (χ4v) is 16.6. The third kappa shape index (κ3) is 15.8. The van der Waals surface area contributed by atoms with E-state index >= 15 is 0 Å². The van der Waals surface area contributed by atoms with Crippen molar-refractivity contribution in [3.8, 4) is 0 Å². The van der Waals surface area contributed by atoms with Crippen LogP contribution in [0, 0.1) is 76.7 Å². The Balaban J connectivity index is 0.00000278. The van der Waals surface area contributed by atoms with Gasteiger partial charge in [0.25, 0.3) is 0 Å². The van der Waals surface area contributed by atoms with Crippen LogP contribution >= 0.6 is 7.82 Å². The monoisotopic (exact) mass is 1400 g/mol. The summed E-state index contributed by atoms with van der Waals surface area (Å²) in [5.41, 5.74) is 25.5. The fraction of sp³-hybridized carbons (Fsp3) is 0.619. The first-order valence-corrected chi connectivity index (χ1v) is 32.6. The molecule has 15 atom stereocenters. The Morgan fingerprint density at radius 1 is 0.863 bits per heavy atom. The molecule has 525 valence electrons. The van der Waals surface area contributed by atoms with E-state index in [-0.39, 0.29) is 94.0 Å². The molecule has 16 N–H and O–H groups in total. The minimum atomic E-state index is -5.07. The second kappa shape index (κ2) is 29.6. The van der Waals surface area contributed by atoms with Crippen molar-refractivity contribution in [1.29, 1.82) is 10.8 Å². The Kier molecular flexibility index (Phi) is 24.1. The number of primary amides is 4. The molecule has 5 amide bonds. The third-order valence-electron chi connectivity index (χ3n) is 20.6. The SMILES string of the molecule is C/C1=C2N=C(/C=C3\N/C(=C(/C)C4=NC(C)(C5N=C1C(C)(CCC(=O)NCC(C)OP(=O)(O)OC1C(CO)OC([n+]6c[nH]c7cc(C)c(C)cc76)C1O)C5CC(N)=O)C(C)(CC(N)=O)C4CCC(N)=O)C(C)(CC(N)=O)C3CCC(=N)[O-])C(C)(C)C/2CCC(=N)[O-].F[C-](F)F.[Co+2]. The van der Waals surface area contributed by atoms with Crippen LogP contribution in [-0.2, 0) is 59.1 Å². The number of aliphatic hydroxyl groups excluding tert-OH is 2. The summed E-state index contributed by atoms with van der Waals surface area (Å²) in [5.74, 6) is -7.87. The van der Waals surface area contributed by atoms with Crippen molar-refractivity contribution in [2.45, 2.75) is 189 Å². The number of hydrogen-bond acceptors (Lipinski definition) is 19. The smallest absolute Gasteiger partial charge is 0.862 e. The van der Waals surface area contributed by atoms with Gasteiger partial charge in [0.15, 0.2) is 17.7 Å². The second-order valence-corrected chi connectivity index (χ2v) is 28.6. The van der Waals surface area contributed by atoms with Gasteiger partial charge >= 0.3 is 24.6 Å². The number of carbonyl (C=O) groups excluding carboxylic acids is 5. The normalized spacial score (nSPS) is 32.8. The van der Waals surface area contributed by atoms with Gasteiger partial charge in [0.1, 0.15) is 18.3 Å². The number of aliphatic imine (C=N–C) groups is 3. The van der Waals surface area contributed by atoms with Crippen LogP contribution in [0.5, 0.6) is 0 Å². The minimum Gasteiger partial charge on any atom is -0.862 e. The largest absolute Gasteiger partial charge is 2.00 e. The van der Waals surface area contributed by atoms with Gasteiger partial charge in [-0.2, -0.15) is 4.57 Å². The third-order valence-corrected chi connectivity index (χ3v) is 21.7. The first-order valence-electron chi connectivity index (χ1n) is 31.1. The van der Waals surface area contributed by atoms with E-state index < -0.39 is 150 Å². The quantitative estimate of drug-likeness (QED) is 0.0210. The Morgan fingerprint density at radius 3 is 2.02 bits per heavy atom. The molecule has 6 aliphatic heterocycles. The van der Waals surface area contributed by atoms with E-state index in [0.717, 1.165) is 16.6 Å². The summed E-state index contributed by atoms with van der Waals surface area (Å²) in [5, 5.41) is 69.4. The molecule has 2 fully saturated rings. The number of aromatic amines is 1. The van der Waals surface area contributed by atoms with Crippen molar-refractivity contribution < 1.29 is 102 Å². The van der Waals surface area contributed by atoms with E-state index in [4.69, 9.17) is 62.5 Å². The Hall–Kier alpha value is -6.70. The van der Waals surface area contributed by atoms with Gasteiger partial charge in [0.05, 0.1) is 24.3 Å².